The van der Waals surface area contributed by atoms with E-state index in [1.165, 1.54) is 0 Å². The number of rotatable bonds is 9. The molecule has 0 atom stereocenters. The second-order valence-electron chi connectivity index (χ2n) is 8.93. The summed E-state index contributed by atoms with van der Waals surface area (Å²) in [5, 5.41) is 12.9. The largest absolute Gasteiger partial charge is 0.491 e. The number of aliphatic carboxylic acids is 1. The van der Waals surface area contributed by atoms with Crippen LogP contribution in [0.2, 0.25) is 0 Å². The molecule has 1 aliphatic rings. The lowest BCUT2D eigenvalue weighted by molar-refractivity contribution is -0.137. The number of benzene rings is 2. The summed E-state index contributed by atoms with van der Waals surface area (Å²) >= 11 is 0. The molecule has 0 bridgehead atoms. The fourth-order valence-corrected chi connectivity index (χ4v) is 4.16. The summed E-state index contributed by atoms with van der Waals surface area (Å²) in [6, 6.07) is 8.24. The summed E-state index contributed by atoms with van der Waals surface area (Å²) in [4.78, 5) is 18.9. The van der Waals surface area contributed by atoms with Crippen molar-refractivity contribution in [1.29, 1.82) is 0 Å². The van der Waals surface area contributed by atoms with Gasteiger partial charge in [-0.05, 0) is 56.1 Å². The Hall–Kier alpha value is -3.53. The molecule has 35 heavy (non-hydrogen) atoms. The van der Waals surface area contributed by atoms with Crippen LogP contribution in [-0.4, -0.2) is 52.4 Å². The third-order valence-corrected chi connectivity index (χ3v) is 5.68. The second-order valence-corrected chi connectivity index (χ2v) is 8.93. The van der Waals surface area contributed by atoms with Crippen molar-refractivity contribution in [3.8, 4) is 17.2 Å². The quantitative estimate of drug-likeness (QED) is 0.462. The van der Waals surface area contributed by atoms with Gasteiger partial charge in [-0.2, -0.15) is 4.98 Å². The Balaban J connectivity index is 1.55. The molecule has 0 radical (unpaired) electrons. The number of hydrogen-bond acceptors (Lipinski definition) is 7. The number of hydrogen-bond donors (Lipinski definition) is 1. The van der Waals surface area contributed by atoms with Gasteiger partial charge in [0.05, 0.1) is 12.5 Å². The summed E-state index contributed by atoms with van der Waals surface area (Å²) in [5.74, 6) is -2.42. The third kappa shape index (κ3) is 5.76. The molecule has 0 unspecified atom stereocenters. The highest BCUT2D eigenvalue weighted by Gasteiger charge is 2.26. The van der Waals surface area contributed by atoms with Crippen LogP contribution >= 0.6 is 0 Å². The van der Waals surface area contributed by atoms with Gasteiger partial charge < -0.3 is 24.2 Å². The van der Waals surface area contributed by atoms with Gasteiger partial charge in [0, 0.05) is 37.5 Å². The van der Waals surface area contributed by atoms with E-state index in [0.717, 1.165) is 41.8 Å². The van der Waals surface area contributed by atoms with E-state index in [4.69, 9.17) is 14.4 Å². The normalized spacial score (nSPS) is 13.4. The fraction of sp³-hybridized carbons (Fsp3) is 0.400. The number of aromatic nitrogens is 2. The summed E-state index contributed by atoms with van der Waals surface area (Å²) in [6.07, 6.45) is 1.58. The summed E-state index contributed by atoms with van der Waals surface area (Å²) in [6.45, 7) is 5.26. The lowest BCUT2D eigenvalue weighted by Gasteiger charge is -2.29. The number of fused-ring (bicyclic) bond motifs is 1. The third-order valence-electron chi connectivity index (χ3n) is 5.68. The number of aryl methyl sites for hydroxylation is 1. The smallest absolute Gasteiger partial charge is 0.304 e. The van der Waals surface area contributed by atoms with Crippen LogP contribution in [0.1, 0.15) is 37.8 Å². The van der Waals surface area contributed by atoms with Crippen molar-refractivity contribution in [1.82, 2.24) is 15.0 Å². The van der Waals surface area contributed by atoms with Gasteiger partial charge in [-0.25, -0.2) is 8.78 Å². The van der Waals surface area contributed by atoms with Gasteiger partial charge in [0.2, 0.25) is 0 Å². The summed E-state index contributed by atoms with van der Waals surface area (Å²) < 4.78 is 40.0. The molecule has 0 saturated heterocycles. The van der Waals surface area contributed by atoms with E-state index < -0.39 is 23.2 Å². The number of ether oxygens (including phenoxy) is 1. The highest BCUT2D eigenvalue weighted by molar-refractivity contribution is 5.67. The molecule has 4 rings (SSSR count). The molecule has 0 aliphatic carbocycles. The molecule has 2 heterocycles. The maximum absolute atomic E-state index is 14.7. The molecule has 2 aromatic carbocycles. The number of nitrogens with zero attached hydrogens (tertiary/aromatic N) is 4. The van der Waals surface area contributed by atoms with E-state index in [0.29, 0.717) is 19.6 Å². The topological polar surface area (TPSA) is 91.9 Å². The van der Waals surface area contributed by atoms with Crippen molar-refractivity contribution in [3.63, 3.8) is 0 Å². The van der Waals surface area contributed by atoms with Crippen molar-refractivity contribution in [3.05, 3.63) is 53.1 Å². The second kappa shape index (κ2) is 10.4. The molecule has 1 aliphatic heterocycles. The van der Waals surface area contributed by atoms with Crippen LogP contribution in [0.3, 0.4) is 0 Å². The van der Waals surface area contributed by atoms with Crippen LogP contribution in [-0.2, 0) is 17.8 Å². The highest BCUT2D eigenvalue weighted by atomic mass is 19.1. The number of halogens is 2. The molecule has 1 aromatic heterocycles. The van der Waals surface area contributed by atoms with Crippen LogP contribution in [0, 0.1) is 11.6 Å². The number of carboxylic acids is 1. The zero-order valence-corrected chi connectivity index (χ0v) is 19.9. The standard InChI is InChI=1S/C25H28F2N4O4/c1-15(2)34-18-12-19(26)23(20(27)13-18)24-28-25(29-35-24)31-9-4-5-17-11-16(6-7-21(17)31)14-30(3)10-8-22(32)33/h6-7,11-13,15H,4-5,8-10,14H2,1-3H3,(H,32,33). The van der Waals surface area contributed by atoms with Crippen molar-refractivity contribution >= 4 is 17.6 Å². The minimum Gasteiger partial charge on any atom is -0.491 e. The zero-order chi connectivity index (χ0) is 25.1. The molecule has 0 amide bonds. The van der Waals surface area contributed by atoms with Gasteiger partial charge in [0.25, 0.3) is 11.8 Å². The maximum Gasteiger partial charge on any atom is 0.304 e. The number of anilines is 2. The maximum atomic E-state index is 14.7. The number of carboxylic acid groups (broad SMARTS) is 1. The molecule has 10 heteroatoms. The van der Waals surface area contributed by atoms with Crippen LogP contribution in [0.25, 0.3) is 11.5 Å². The molecule has 186 valence electrons. The first-order valence-corrected chi connectivity index (χ1v) is 11.5. The van der Waals surface area contributed by atoms with E-state index in [-0.39, 0.29) is 30.1 Å². The van der Waals surface area contributed by atoms with Crippen molar-refractivity contribution < 1.29 is 27.9 Å². The molecule has 0 spiro atoms. The Kier molecular flexibility index (Phi) is 7.30. The molecule has 0 saturated carbocycles. The first-order chi connectivity index (χ1) is 16.7. The fourth-order valence-electron chi connectivity index (χ4n) is 4.16. The molecule has 3 aromatic rings. The zero-order valence-electron chi connectivity index (χ0n) is 19.9. The Morgan fingerprint density at radius 1 is 1.26 bits per heavy atom. The average molecular weight is 487 g/mol. The molecular formula is C25H28F2N4O4. The predicted octanol–water partition coefficient (Wildman–Crippen LogP) is 4.79. The van der Waals surface area contributed by atoms with E-state index in [2.05, 4.69) is 16.2 Å². The first kappa shape index (κ1) is 24.6. The van der Waals surface area contributed by atoms with Crippen LogP contribution in [0.15, 0.2) is 34.9 Å². The monoisotopic (exact) mass is 486 g/mol. The van der Waals surface area contributed by atoms with E-state index in [1.807, 2.05) is 29.0 Å². The Labute approximate surface area is 202 Å². The average Bonchev–Trinajstić information content (AvgIpc) is 3.25. The van der Waals surface area contributed by atoms with Gasteiger partial charge in [-0.3, -0.25) is 4.79 Å². The van der Waals surface area contributed by atoms with Crippen LogP contribution in [0.4, 0.5) is 20.4 Å². The van der Waals surface area contributed by atoms with E-state index >= 15 is 0 Å². The Morgan fingerprint density at radius 2 is 2.00 bits per heavy atom. The number of carbonyl (C=O) groups is 1. The van der Waals surface area contributed by atoms with Crippen LogP contribution in [0.5, 0.6) is 5.75 Å². The van der Waals surface area contributed by atoms with E-state index in [9.17, 15) is 13.6 Å². The van der Waals surface area contributed by atoms with Crippen molar-refractivity contribution in [2.75, 3.05) is 25.0 Å². The lowest BCUT2D eigenvalue weighted by Crippen LogP contribution is -2.26. The van der Waals surface area contributed by atoms with Gasteiger partial charge in [-0.1, -0.05) is 12.1 Å². The van der Waals surface area contributed by atoms with Crippen molar-refractivity contribution in [2.24, 2.45) is 0 Å². The summed E-state index contributed by atoms with van der Waals surface area (Å²) in [7, 11) is 1.88. The summed E-state index contributed by atoms with van der Waals surface area (Å²) in [5.41, 5.74) is 2.68. The Bertz CT molecular complexity index is 1190. The Morgan fingerprint density at radius 3 is 2.69 bits per heavy atom. The van der Waals surface area contributed by atoms with Gasteiger partial charge in [0.1, 0.15) is 22.9 Å². The molecular weight excluding hydrogens is 458 g/mol. The van der Waals surface area contributed by atoms with Crippen molar-refractivity contribution in [2.45, 2.75) is 45.8 Å². The SMILES string of the molecule is CC(C)Oc1cc(F)c(-c2nc(N3CCCc4cc(CN(C)CCC(=O)O)ccc43)no2)c(F)c1. The molecule has 8 nitrogen and oxygen atoms in total. The predicted molar refractivity (Wildman–Crippen MR) is 126 cm³/mol. The lowest BCUT2D eigenvalue weighted by atomic mass is 9.99. The minimum absolute atomic E-state index is 0.0873. The van der Waals surface area contributed by atoms with Crippen LogP contribution < -0.4 is 9.64 Å². The van der Waals surface area contributed by atoms with E-state index in [1.54, 1.807) is 13.8 Å². The van der Waals surface area contributed by atoms with Gasteiger partial charge in [0.15, 0.2) is 0 Å². The first-order valence-electron chi connectivity index (χ1n) is 11.5. The molecule has 1 N–H and O–H groups in total. The molecule has 0 fully saturated rings. The van der Waals surface area contributed by atoms with Gasteiger partial charge >= 0.3 is 5.97 Å². The highest BCUT2D eigenvalue weighted by Crippen LogP contribution is 2.35. The van der Waals surface area contributed by atoms with Gasteiger partial charge in [-0.15, -0.1) is 0 Å². The minimum atomic E-state index is -0.841.